The number of aromatic hydroxyl groups is 2. The summed E-state index contributed by atoms with van der Waals surface area (Å²) in [5.41, 5.74) is 0.497. The van der Waals surface area contributed by atoms with Crippen LogP contribution in [0, 0.1) is 0 Å². The van der Waals surface area contributed by atoms with E-state index in [-0.39, 0.29) is 17.1 Å². The van der Waals surface area contributed by atoms with Gasteiger partial charge in [0.05, 0.1) is 11.3 Å². The topological polar surface area (TPSA) is 79.1 Å². The van der Waals surface area contributed by atoms with Gasteiger partial charge in [-0.1, -0.05) is 18.1 Å². The standard InChI is InChI=1S/C11H13NO4/c1-3-8(12-16-7(2)13)11-9(14)5-4-6-10(11)15/h4-6,14-15H,3H2,1-2H3/b12-8+. The van der Waals surface area contributed by atoms with Crippen molar-refractivity contribution < 1.29 is 19.8 Å². The van der Waals surface area contributed by atoms with Crippen molar-refractivity contribution in [3.05, 3.63) is 23.8 Å². The molecular formula is C11H13NO4. The minimum Gasteiger partial charge on any atom is -0.507 e. The highest BCUT2D eigenvalue weighted by Crippen LogP contribution is 2.28. The number of rotatable bonds is 3. The zero-order chi connectivity index (χ0) is 12.1. The van der Waals surface area contributed by atoms with E-state index in [1.165, 1.54) is 25.1 Å². The zero-order valence-corrected chi connectivity index (χ0v) is 9.10. The second-order valence-electron chi connectivity index (χ2n) is 3.15. The molecule has 0 aromatic heterocycles. The van der Waals surface area contributed by atoms with Gasteiger partial charge >= 0.3 is 5.97 Å². The van der Waals surface area contributed by atoms with E-state index in [4.69, 9.17) is 0 Å². The van der Waals surface area contributed by atoms with Crippen LogP contribution in [0.2, 0.25) is 0 Å². The fraction of sp³-hybridized carbons (Fsp3) is 0.273. The highest BCUT2D eigenvalue weighted by atomic mass is 16.7. The van der Waals surface area contributed by atoms with Crippen LogP contribution in [-0.2, 0) is 9.63 Å². The van der Waals surface area contributed by atoms with Gasteiger partial charge in [0, 0.05) is 6.92 Å². The summed E-state index contributed by atoms with van der Waals surface area (Å²) in [6.45, 7) is 3.00. The molecule has 5 heteroatoms. The van der Waals surface area contributed by atoms with Crippen molar-refractivity contribution in [2.45, 2.75) is 20.3 Å². The van der Waals surface area contributed by atoms with Crippen molar-refractivity contribution in [3.8, 4) is 11.5 Å². The van der Waals surface area contributed by atoms with Crippen LogP contribution in [0.15, 0.2) is 23.4 Å². The number of hydrogen-bond acceptors (Lipinski definition) is 5. The van der Waals surface area contributed by atoms with E-state index in [9.17, 15) is 15.0 Å². The molecule has 0 saturated carbocycles. The van der Waals surface area contributed by atoms with E-state index in [2.05, 4.69) is 9.99 Å². The highest BCUT2D eigenvalue weighted by Gasteiger charge is 2.13. The third kappa shape index (κ3) is 2.73. The molecular weight excluding hydrogens is 210 g/mol. The molecule has 5 nitrogen and oxygen atoms in total. The predicted molar refractivity (Wildman–Crippen MR) is 58.4 cm³/mol. The second-order valence-corrected chi connectivity index (χ2v) is 3.15. The smallest absolute Gasteiger partial charge is 0.331 e. The summed E-state index contributed by atoms with van der Waals surface area (Å²) in [6, 6.07) is 4.36. The molecule has 1 aromatic carbocycles. The molecule has 0 heterocycles. The Morgan fingerprint density at radius 1 is 1.38 bits per heavy atom. The predicted octanol–water partition coefficient (Wildman–Crippen LogP) is 1.77. The maximum absolute atomic E-state index is 10.6. The summed E-state index contributed by atoms with van der Waals surface area (Å²) >= 11 is 0. The third-order valence-electron chi connectivity index (χ3n) is 1.93. The molecule has 0 unspecified atom stereocenters. The van der Waals surface area contributed by atoms with Crippen LogP contribution in [0.5, 0.6) is 11.5 Å². The molecule has 0 aliphatic carbocycles. The van der Waals surface area contributed by atoms with Crippen LogP contribution in [0.25, 0.3) is 0 Å². The fourth-order valence-electron chi connectivity index (χ4n) is 1.23. The fourth-order valence-corrected chi connectivity index (χ4v) is 1.23. The van der Waals surface area contributed by atoms with Gasteiger partial charge in [-0.15, -0.1) is 0 Å². The maximum atomic E-state index is 10.6. The van der Waals surface area contributed by atoms with Crippen molar-refractivity contribution in [2.75, 3.05) is 0 Å². The Hall–Kier alpha value is -2.04. The molecule has 86 valence electrons. The Labute approximate surface area is 93.0 Å². The summed E-state index contributed by atoms with van der Waals surface area (Å²) in [4.78, 5) is 15.1. The van der Waals surface area contributed by atoms with Gasteiger partial charge in [-0.3, -0.25) is 0 Å². The van der Waals surface area contributed by atoms with E-state index < -0.39 is 5.97 Å². The van der Waals surface area contributed by atoms with Gasteiger partial charge in [0.25, 0.3) is 0 Å². The van der Waals surface area contributed by atoms with E-state index in [0.29, 0.717) is 12.1 Å². The van der Waals surface area contributed by atoms with Crippen LogP contribution < -0.4 is 0 Å². The zero-order valence-electron chi connectivity index (χ0n) is 9.10. The van der Waals surface area contributed by atoms with Gasteiger partial charge in [-0.2, -0.15) is 0 Å². The number of phenols is 2. The average molecular weight is 223 g/mol. The number of hydrogen-bond donors (Lipinski definition) is 2. The number of benzene rings is 1. The molecule has 1 aromatic rings. The van der Waals surface area contributed by atoms with Gasteiger partial charge in [0.2, 0.25) is 0 Å². The second kappa shape index (κ2) is 5.16. The van der Waals surface area contributed by atoms with E-state index in [1.54, 1.807) is 6.92 Å². The summed E-state index contributed by atoms with van der Waals surface area (Å²) < 4.78 is 0. The Morgan fingerprint density at radius 2 is 1.94 bits per heavy atom. The van der Waals surface area contributed by atoms with E-state index in [0.717, 1.165) is 0 Å². The number of phenolic OH excluding ortho intramolecular Hbond substituents is 2. The third-order valence-corrected chi connectivity index (χ3v) is 1.93. The number of carbonyl (C=O) groups excluding carboxylic acids is 1. The van der Waals surface area contributed by atoms with Crippen LogP contribution in [0.4, 0.5) is 0 Å². The van der Waals surface area contributed by atoms with Crippen LogP contribution in [0.1, 0.15) is 25.8 Å². The lowest BCUT2D eigenvalue weighted by Crippen LogP contribution is -2.03. The molecule has 0 radical (unpaired) electrons. The first-order valence-corrected chi connectivity index (χ1v) is 4.82. The lowest BCUT2D eigenvalue weighted by Gasteiger charge is -2.07. The quantitative estimate of drug-likeness (QED) is 0.465. The van der Waals surface area contributed by atoms with Crippen molar-refractivity contribution >= 4 is 11.7 Å². The number of oxime groups is 1. The minimum absolute atomic E-state index is 0.104. The molecule has 0 amide bonds. The monoisotopic (exact) mass is 223 g/mol. The molecule has 0 spiro atoms. The first kappa shape index (κ1) is 12.0. The van der Waals surface area contributed by atoms with Gasteiger partial charge < -0.3 is 15.1 Å². The normalized spacial score (nSPS) is 11.2. The average Bonchev–Trinajstić information content (AvgIpc) is 2.22. The molecule has 0 bridgehead atoms. The van der Waals surface area contributed by atoms with Crippen molar-refractivity contribution in [1.29, 1.82) is 0 Å². The SMILES string of the molecule is CC/C(=N\OC(C)=O)c1c(O)cccc1O. The molecule has 0 saturated heterocycles. The summed E-state index contributed by atoms with van der Waals surface area (Å²) in [7, 11) is 0. The van der Waals surface area contributed by atoms with Gasteiger partial charge in [0.15, 0.2) is 0 Å². The van der Waals surface area contributed by atoms with Crippen LogP contribution >= 0.6 is 0 Å². The van der Waals surface area contributed by atoms with Crippen molar-refractivity contribution in [2.24, 2.45) is 5.16 Å². The highest BCUT2D eigenvalue weighted by molar-refractivity contribution is 6.04. The number of nitrogens with zero attached hydrogens (tertiary/aromatic N) is 1. The molecule has 0 atom stereocenters. The minimum atomic E-state index is -0.555. The van der Waals surface area contributed by atoms with Gasteiger partial charge in [-0.25, -0.2) is 4.79 Å². The molecule has 2 N–H and O–H groups in total. The van der Waals surface area contributed by atoms with Crippen molar-refractivity contribution in [3.63, 3.8) is 0 Å². The Balaban J connectivity index is 3.13. The largest absolute Gasteiger partial charge is 0.507 e. The molecule has 16 heavy (non-hydrogen) atoms. The first-order chi connectivity index (χ1) is 7.56. The first-order valence-electron chi connectivity index (χ1n) is 4.82. The summed E-state index contributed by atoms with van der Waals surface area (Å²) in [6.07, 6.45) is 0.415. The van der Waals surface area contributed by atoms with Crippen LogP contribution in [0.3, 0.4) is 0 Å². The number of carbonyl (C=O) groups is 1. The molecule has 0 aliphatic heterocycles. The molecule has 0 aliphatic rings. The Bertz CT molecular complexity index is 406. The lowest BCUT2D eigenvalue weighted by molar-refractivity contribution is -0.140. The van der Waals surface area contributed by atoms with Gasteiger partial charge in [-0.05, 0) is 18.6 Å². The molecule has 0 fully saturated rings. The molecule has 1 rings (SSSR count). The Kier molecular flexibility index (Phi) is 3.88. The summed E-state index contributed by atoms with van der Waals surface area (Å²) in [5.74, 6) is -0.763. The Morgan fingerprint density at radius 3 is 2.38 bits per heavy atom. The maximum Gasteiger partial charge on any atom is 0.331 e. The summed E-state index contributed by atoms with van der Waals surface area (Å²) in [5, 5.41) is 22.7. The van der Waals surface area contributed by atoms with Crippen molar-refractivity contribution in [1.82, 2.24) is 0 Å². The van der Waals surface area contributed by atoms with Gasteiger partial charge in [0.1, 0.15) is 11.5 Å². The lowest BCUT2D eigenvalue weighted by atomic mass is 10.1. The van der Waals surface area contributed by atoms with E-state index >= 15 is 0 Å². The van der Waals surface area contributed by atoms with E-state index in [1.807, 2.05) is 0 Å². The van der Waals surface area contributed by atoms with Crippen LogP contribution in [-0.4, -0.2) is 21.9 Å².